The van der Waals surface area contributed by atoms with Crippen molar-refractivity contribution in [1.82, 2.24) is 15.0 Å². The van der Waals surface area contributed by atoms with Crippen molar-refractivity contribution in [1.29, 1.82) is 0 Å². The van der Waals surface area contributed by atoms with E-state index in [0.717, 1.165) is 61.6 Å². The Balaban J connectivity index is 1.20. The molecule has 0 radical (unpaired) electrons. The van der Waals surface area contributed by atoms with Crippen molar-refractivity contribution in [2.75, 3.05) is 0 Å². The Hall–Kier alpha value is -7.01. The first-order chi connectivity index (χ1) is 27.2. The second-order valence-electron chi connectivity index (χ2n) is 13.6. The molecule has 4 heteroatoms. The lowest BCUT2D eigenvalue weighted by Crippen LogP contribution is -1.98. The molecule has 3 aromatic heterocycles. The smallest absolute Gasteiger partial charge is 0.160 e. The van der Waals surface area contributed by atoms with E-state index in [1.54, 1.807) is 0 Å². The minimum atomic E-state index is 0.674. The molecule has 10 rings (SSSR count). The first kappa shape index (κ1) is 32.6. The summed E-state index contributed by atoms with van der Waals surface area (Å²) >= 11 is 1.84. The SMILES string of the molecule is c1ccc(-c2cccc(-c3cc(-c4ccc5sc6ccccc6c5c4)cc(-c4cc(-c5ccccc5-c5ccccn5)nc(-c5ccccc5)n4)c3)c2)cc1. The van der Waals surface area contributed by atoms with E-state index in [4.69, 9.17) is 15.0 Å². The van der Waals surface area contributed by atoms with Gasteiger partial charge in [-0.3, -0.25) is 4.98 Å². The normalized spacial score (nSPS) is 11.3. The molecular formula is C51H33N3S. The number of rotatable bonds is 7. The molecule has 0 fully saturated rings. The molecular weight excluding hydrogens is 687 g/mol. The van der Waals surface area contributed by atoms with Gasteiger partial charge in [-0.1, -0.05) is 133 Å². The first-order valence-corrected chi connectivity index (χ1v) is 19.2. The second kappa shape index (κ2) is 14.1. The molecule has 3 nitrogen and oxygen atoms in total. The van der Waals surface area contributed by atoms with Crippen LogP contribution in [0.5, 0.6) is 0 Å². The summed E-state index contributed by atoms with van der Waals surface area (Å²) in [6, 6.07) is 68.6. The average molecular weight is 720 g/mol. The molecule has 3 heterocycles. The Kier molecular flexibility index (Phi) is 8.36. The van der Waals surface area contributed by atoms with Gasteiger partial charge in [0.25, 0.3) is 0 Å². The van der Waals surface area contributed by atoms with Crippen LogP contribution in [-0.4, -0.2) is 15.0 Å². The summed E-state index contributed by atoms with van der Waals surface area (Å²) < 4.78 is 2.59. The van der Waals surface area contributed by atoms with Crippen molar-refractivity contribution in [2.45, 2.75) is 0 Å². The number of hydrogen-bond donors (Lipinski definition) is 0. The van der Waals surface area contributed by atoms with Gasteiger partial charge in [-0.05, 0) is 94.0 Å². The Bertz CT molecular complexity index is 2970. The highest BCUT2D eigenvalue weighted by Gasteiger charge is 2.17. The third kappa shape index (κ3) is 6.39. The van der Waals surface area contributed by atoms with E-state index in [0.29, 0.717) is 5.82 Å². The fourth-order valence-electron chi connectivity index (χ4n) is 7.42. The van der Waals surface area contributed by atoms with Gasteiger partial charge in [0, 0.05) is 48.6 Å². The van der Waals surface area contributed by atoms with Crippen molar-refractivity contribution in [3.05, 3.63) is 200 Å². The van der Waals surface area contributed by atoms with Crippen LogP contribution in [0, 0.1) is 0 Å². The Morgan fingerprint density at radius 2 is 0.873 bits per heavy atom. The number of thiophene rings is 1. The second-order valence-corrected chi connectivity index (χ2v) is 14.7. The Labute approximate surface area is 323 Å². The summed E-state index contributed by atoms with van der Waals surface area (Å²) in [5.41, 5.74) is 13.5. The first-order valence-electron chi connectivity index (χ1n) is 18.4. The van der Waals surface area contributed by atoms with Crippen LogP contribution in [0.25, 0.3) is 98.7 Å². The van der Waals surface area contributed by atoms with Crippen LogP contribution >= 0.6 is 11.3 Å². The van der Waals surface area contributed by atoms with Gasteiger partial charge in [0.2, 0.25) is 0 Å². The molecule has 0 spiro atoms. The molecule has 0 atom stereocenters. The van der Waals surface area contributed by atoms with Gasteiger partial charge in [-0.2, -0.15) is 0 Å². The molecule has 10 aromatic rings. The highest BCUT2D eigenvalue weighted by atomic mass is 32.1. The van der Waals surface area contributed by atoms with Gasteiger partial charge in [0.1, 0.15) is 0 Å². The van der Waals surface area contributed by atoms with E-state index in [1.807, 2.05) is 53.9 Å². The van der Waals surface area contributed by atoms with E-state index < -0.39 is 0 Å². The molecule has 0 aliphatic rings. The summed E-state index contributed by atoms with van der Waals surface area (Å²) in [5, 5.41) is 2.56. The predicted octanol–water partition coefficient (Wildman–Crippen LogP) is 13.9. The fourth-order valence-corrected chi connectivity index (χ4v) is 8.51. The van der Waals surface area contributed by atoms with E-state index >= 15 is 0 Å². The molecule has 0 bridgehead atoms. The van der Waals surface area contributed by atoms with Crippen LogP contribution in [0.1, 0.15) is 0 Å². The minimum absolute atomic E-state index is 0.674. The summed E-state index contributed by atoms with van der Waals surface area (Å²) in [5.74, 6) is 0.674. The number of aromatic nitrogens is 3. The van der Waals surface area contributed by atoms with E-state index in [9.17, 15) is 0 Å². The van der Waals surface area contributed by atoms with E-state index in [1.165, 1.54) is 31.3 Å². The lowest BCUT2D eigenvalue weighted by atomic mass is 9.92. The minimum Gasteiger partial charge on any atom is -0.256 e. The molecule has 0 aliphatic heterocycles. The zero-order chi connectivity index (χ0) is 36.6. The van der Waals surface area contributed by atoms with Gasteiger partial charge in [0.05, 0.1) is 17.1 Å². The summed E-state index contributed by atoms with van der Waals surface area (Å²) in [4.78, 5) is 15.2. The standard InChI is InChI=1S/C51H33N3S/c1-3-14-34(15-4-1)36-18-13-19-37(28-36)39-29-40(38-25-26-50-45(32-38)44-22-9-10-24-49(44)55-50)31-41(30-39)47-33-48(54-51(53-47)35-16-5-2-6-17-35)43-21-8-7-20-42(43)46-23-11-12-27-52-46/h1-33H. The number of benzene rings is 7. The van der Waals surface area contributed by atoms with Crippen molar-refractivity contribution in [3.63, 3.8) is 0 Å². The number of hydrogen-bond acceptors (Lipinski definition) is 4. The zero-order valence-corrected chi connectivity index (χ0v) is 30.6. The molecule has 0 aliphatic carbocycles. The van der Waals surface area contributed by atoms with E-state index in [-0.39, 0.29) is 0 Å². The third-order valence-electron chi connectivity index (χ3n) is 10.1. The topological polar surface area (TPSA) is 38.7 Å². The van der Waals surface area contributed by atoms with Crippen molar-refractivity contribution in [2.24, 2.45) is 0 Å². The van der Waals surface area contributed by atoms with Crippen LogP contribution in [-0.2, 0) is 0 Å². The lowest BCUT2D eigenvalue weighted by Gasteiger charge is -2.15. The number of nitrogens with zero attached hydrogens (tertiary/aromatic N) is 3. The summed E-state index contributed by atoms with van der Waals surface area (Å²) in [6.45, 7) is 0. The van der Waals surface area contributed by atoms with Crippen LogP contribution in [0.2, 0.25) is 0 Å². The summed E-state index contributed by atoms with van der Waals surface area (Å²) in [7, 11) is 0. The van der Waals surface area contributed by atoms with Crippen molar-refractivity contribution in [3.8, 4) is 78.5 Å². The van der Waals surface area contributed by atoms with Crippen LogP contribution in [0.3, 0.4) is 0 Å². The maximum atomic E-state index is 5.29. The highest BCUT2D eigenvalue weighted by molar-refractivity contribution is 7.25. The molecule has 0 saturated heterocycles. The molecule has 0 saturated carbocycles. The Morgan fingerprint density at radius 3 is 1.64 bits per heavy atom. The van der Waals surface area contributed by atoms with Gasteiger partial charge < -0.3 is 0 Å². The maximum Gasteiger partial charge on any atom is 0.160 e. The monoisotopic (exact) mass is 719 g/mol. The predicted molar refractivity (Wildman–Crippen MR) is 231 cm³/mol. The third-order valence-corrected chi connectivity index (χ3v) is 11.3. The van der Waals surface area contributed by atoms with Gasteiger partial charge >= 0.3 is 0 Å². The molecule has 0 N–H and O–H groups in total. The number of pyridine rings is 1. The van der Waals surface area contributed by atoms with Crippen LogP contribution in [0.15, 0.2) is 200 Å². The number of fused-ring (bicyclic) bond motifs is 3. The molecule has 55 heavy (non-hydrogen) atoms. The highest BCUT2D eigenvalue weighted by Crippen LogP contribution is 2.40. The van der Waals surface area contributed by atoms with Crippen molar-refractivity contribution >= 4 is 31.5 Å². The molecule has 258 valence electrons. The fraction of sp³-hybridized carbons (Fsp3) is 0. The van der Waals surface area contributed by atoms with Gasteiger partial charge in [0.15, 0.2) is 5.82 Å². The van der Waals surface area contributed by atoms with Crippen LogP contribution < -0.4 is 0 Å². The zero-order valence-electron chi connectivity index (χ0n) is 29.8. The van der Waals surface area contributed by atoms with E-state index in [2.05, 4.69) is 158 Å². The van der Waals surface area contributed by atoms with Gasteiger partial charge in [-0.15, -0.1) is 11.3 Å². The summed E-state index contributed by atoms with van der Waals surface area (Å²) in [6.07, 6.45) is 1.84. The van der Waals surface area contributed by atoms with Crippen molar-refractivity contribution < 1.29 is 0 Å². The molecule has 7 aromatic carbocycles. The quantitative estimate of drug-likeness (QED) is 0.165. The Morgan fingerprint density at radius 1 is 0.309 bits per heavy atom. The average Bonchev–Trinajstić information content (AvgIpc) is 3.65. The molecule has 0 unspecified atom stereocenters. The van der Waals surface area contributed by atoms with Crippen LogP contribution in [0.4, 0.5) is 0 Å². The van der Waals surface area contributed by atoms with Gasteiger partial charge in [-0.25, -0.2) is 9.97 Å². The largest absolute Gasteiger partial charge is 0.256 e. The maximum absolute atomic E-state index is 5.29. The lowest BCUT2D eigenvalue weighted by molar-refractivity contribution is 1.18. The molecule has 0 amide bonds.